The summed E-state index contributed by atoms with van der Waals surface area (Å²) in [5.74, 6) is -0.720. The molecule has 2 amide bonds. The quantitative estimate of drug-likeness (QED) is 0.470. The smallest absolute Gasteiger partial charge is 0.307 e. The van der Waals surface area contributed by atoms with E-state index in [0.717, 1.165) is 27.3 Å². The molecule has 2 aromatic rings. The van der Waals surface area contributed by atoms with Gasteiger partial charge in [0.1, 0.15) is 0 Å². The minimum atomic E-state index is -0.512. The van der Waals surface area contributed by atoms with Gasteiger partial charge >= 0.3 is 5.97 Å². The van der Waals surface area contributed by atoms with Crippen molar-refractivity contribution in [1.29, 1.82) is 0 Å². The Kier molecular flexibility index (Phi) is 8.92. The summed E-state index contributed by atoms with van der Waals surface area (Å²) in [7, 11) is 0. The molecule has 0 fully saturated rings. The van der Waals surface area contributed by atoms with Gasteiger partial charge in [-0.1, -0.05) is 35.4 Å². The highest BCUT2D eigenvalue weighted by atomic mass is 32.2. The van der Waals surface area contributed by atoms with E-state index in [1.807, 2.05) is 64.1 Å². The van der Waals surface area contributed by atoms with Crippen LogP contribution in [0, 0.1) is 27.7 Å². The van der Waals surface area contributed by atoms with Gasteiger partial charge in [-0.15, -0.1) is 11.8 Å². The molecule has 0 atom stereocenters. The average molecular weight is 429 g/mol. The van der Waals surface area contributed by atoms with E-state index < -0.39 is 18.5 Å². The maximum atomic E-state index is 12.1. The van der Waals surface area contributed by atoms with Gasteiger partial charge < -0.3 is 15.4 Å². The Morgan fingerprint density at radius 1 is 0.900 bits per heavy atom. The van der Waals surface area contributed by atoms with E-state index in [1.165, 1.54) is 5.56 Å². The molecule has 0 heterocycles. The number of carbonyl (C=O) groups excluding carboxylic acids is 3. The summed E-state index contributed by atoms with van der Waals surface area (Å²) in [4.78, 5) is 36.8. The van der Waals surface area contributed by atoms with Crippen LogP contribution in [-0.4, -0.2) is 36.7 Å². The standard InChI is InChI=1S/C23H28N2O4S/c1-15-5-7-19(8-6-15)30-10-9-22(28)29-14-21(27)24-13-20(26)25-23-17(3)11-16(2)12-18(23)4/h5-8,11-12H,9-10,13-14H2,1-4H3,(H,24,27)(H,25,26). The Bertz CT molecular complexity index is 887. The fraction of sp³-hybridized carbons (Fsp3) is 0.348. The molecule has 2 rings (SSSR count). The van der Waals surface area contributed by atoms with E-state index in [4.69, 9.17) is 4.74 Å². The van der Waals surface area contributed by atoms with Crippen LogP contribution in [0.3, 0.4) is 0 Å². The zero-order valence-electron chi connectivity index (χ0n) is 17.8. The van der Waals surface area contributed by atoms with Crippen molar-refractivity contribution in [3.05, 3.63) is 58.7 Å². The fourth-order valence-corrected chi connectivity index (χ4v) is 3.73. The van der Waals surface area contributed by atoms with Crippen LogP contribution in [0.1, 0.15) is 28.7 Å². The van der Waals surface area contributed by atoms with Crippen molar-refractivity contribution in [1.82, 2.24) is 5.32 Å². The molecular formula is C23H28N2O4S. The third-order valence-corrected chi connectivity index (χ3v) is 5.36. The Hall–Kier alpha value is -2.80. The molecule has 2 aromatic carbocycles. The molecule has 0 bridgehead atoms. The number of thioether (sulfide) groups is 1. The Labute approximate surface area is 181 Å². The second kappa shape index (κ2) is 11.4. The van der Waals surface area contributed by atoms with Crippen molar-refractivity contribution in [3.63, 3.8) is 0 Å². The number of benzene rings is 2. The molecule has 0 radical (unpaired) electrons. The van der Waals surface area contributed by atoms with Gasteiger partial charge in [0.05, 0.1) is 13.0 Å². The second-order valence-corrected chi connectivity index (χ2v) is 8.34. The Morgan fingerprint density at radius 3 is 2.17 bits per heavy atom. The number of nitrogens with one attached hydrogen (secondary N) is 2. The Balaban J connectivity index is 1.65. The number of hydrogen-bond donors (Lipinski definition) is 2. The van der Waals surface area contributed by atoms with E-state index in [-0.39, 0.29) is 18.9 Å². The van der Waals surface area contributed by atoms with E-state index in [1.54, 1.807) is 11.8 Å². The SMILES string of the molecule is Cc1ccc(SCCC(=O)OCC(=O)NCC(=O)Nc2c(C)cc(C)cc2C)cc1. The van der Waals surface area contributed by atoms with Crippen LogP contribution in [0.4, 0.5) is 5.69 Å². The summed E-state index contributed by atoms with van der Waals surface area (Å²) >= 11 is 1.56. The van der Waals surface area contributed by atoms with Crippen LogP contribution in [0.25, 0.3) is 0 Å². The lowest BCUT2D eigenvalue weighted by molar-refractivity contribution is -0.148. The van der Waals surface area contributed by atoms with Gasteiger partial charge in [-0.3, -0.25) is 14.4 Å². The van der Waals surface area contributed by atoms with E-state index in [0.29, 0.717) is 5.75 Å². The second-order valence-electron chi connectivity index (χ2n) is 7.17. The summed E-state index contributed by atoms with van der Waals surface area (Å²) in [5.41, 5.74) is 4.98. The van der Waals surface area contributed by atoms with E-state index >= 15 is 0 Å². The molecule has 30 heavy (non-hydrogen) atoms. The minimum Gasteiger partial charge on any atom is -0.456 e. The lowest BCUT2D eigenvalue weighted by Crippen LogP contribution is -2.35. The number of hydrogen-bond acceptors (Lipinski definition) is 5. The van der Waals surface area contributed by atoms with Crippen molar-refractivity contribution in [2.45, 2.75) is 39.0 Å². The first-order valence-electron chi connectivity index (χ1n) is 9.74. The largest absolute Gasteiger partial charge is 0.456 e. The predicted octanol–water partition coefficient (Wildman–Crippen LogP) is 3.70. The molecule has 2 N–H and O–H groups in total. The summed E-state index contributed by atoms with van der Waals surface area (Å²) in [5, 5.41) is 5.27. The van der Waals surface area contributed by atoms with Crippen LogP contribution in [0.15, 0.2) is 41.3 Å². The lowest BCUT2D eigenvalue weighted by atomic mass is 10.1. The third kappa shape index (κ3) is 7.91. The van der Waals surface area contributed by atoms with Gasteiger partial charge in [0, 0.05) is 16.3 Å². The molecule has 0 aliphatic heterocycles. The normalized spacial score (nSPS) is 10.4. The highest BCUT2D eigenvalue weighted by molar-refractivity contribution is 7.99. The number of esters is 1. The first-order chi connectivity index (χ1) is 14.2. The Morgan fingerprint density at radius 2 is 1.53 bits per heavy atom. The number of carbonyl (C=O) groups is 3. The molecule has 160 valence electrons. The molecule has 0 unspecified atom stereocenters. The van der Waals surface area contributed by atoms with Crippen molar-refractivity contribution in [2.24, 2.45) is 0 Å². The van der Waals surface area contributed by atoms with Gasteiger partial charge in [-0.25, -0.2) is 0 Å². The van der Waals surface area contributed by atoms with Crippen molar-refractivity contribution in [2.75, 3.05) is 24.2 Å². The average Bonchev–Trinajstić information content (AvgIpc) is 2.69. The van der Waals surface area contributed by atoms with Crippen LogP contribution in [-0.2, 0) is 19.1 Å². The third-order valence-electron chi connectivity index (χ3n) is 4.35. The van der Waals surface area contributed by atoms with Gasteiger partial charge in [0.25, 0.3) is 5.91 Å². The summed E-state index contributed by atoms with van der Waals surface area (Å²) in [6, 6.07) is 12.0. The van der Waals surface area contributed by atoms with Crippen molar-refractivity contribution < 1.29 is 19.1 Å². The van der Waals surface area contributed by atoms with Gasteiger partial charge in [0.15, 0.2) is 6.61 Å². The molecule has 6 nitrogen and oxygen atoms in total. The van der Waals surface area contributed by atoms with Crippen molar-refractivity contribution >= 4 is 35.2 Å². The first-order valence-corrected chi connectivity index (χ1v) is 10.7. The van der Waals surface area contributed by atoms with Gasteiger partial charge in [-0.05, 0) is 51.0 Å². The van der Waals surface area contributed by atoms with Gasteiger partial charge in [0.2, 0.25) is 5.91 Å². The molecule has 0 saturated carbocycles. The molecular weight excluding hydrogens is 400 g/mol. The molecule has 7 heteroatoms. The zero-order chi connectivity index (χ0) is 22.1. The molecule has 0 aromatic heterocycles. The maximum Gasteiger partial charge on any atom is 0.307 e. The maximum absolute atomic E-state index is 12.1. The number of anilines is 1. The molecule has 0 spiro atoms. The summed E-state index contributed by atoms with van der Waals surface area (Å²) in [6.45, 7) is 7.27. The van der Waals surface area contributed by atoms with Crippen LogP contribution in [0.2, 0.25) is 0 Å². The number of amides is 2. The molecule has 0 saturated heterocycles. The van der Waals surface area contributed by atoms with Gasteiger partial charge in [-0.2, -0.15) is 0 Å². The van der Waals surface area contributed by atoms with E-state index in [9.17, 15) is 14.4 Å². The minimum absolute atomic E-state index is 0.188. The number of ether oxygens (including phenoxy) is 1. The molecule has 0 aliphatic carbocycles. The lowest BCUT2D eigenvalue weighted by Gasteiger charge is -2.13. The van der Waals surface area contributed by atoms with Crippen LogP contribution in [0.5, 0.6) is 0 Å². The summed E-state index contributed by atoms with van der Waals surface area (Å²) < 4.78 is 4.97. The fourth-order valence-electron chi connectivity index (χ4n) is 2.90. The highest BCUT2D eigenvalue weighted by Gasteiger charge is 2.11. The summed E-state index contributed by atoms with van der Waals surface area (Å²) in [6.07, 6.45) is 0.207. The van der Waals surface area contributed by atoms with Crippen LogP contribution < -0.4 is 10.6 Å². The highest BCUT2D eigenvalue weighted by Crippen LogP contribution is 2.21. The first kappa shape index (κ1) is 23.5. The van der Waals surface area contributed by atoms with Crippen LogP contribution >= 0.6 is 11.8 Å². The number of rotatable bonds is 9. The predicted molar refractivity (Wildman–Crippen MR) is 120 cm³/mol. The van der Waals surface area contributed by atoms with Crippen molar-refractivity contribution in [3.8, 4) is 0 Å². The van der Waals surface area contributed by atoms with E-state index in [2.05, 4.69) is 10.6 Å². The number of aryl methyl sites for hydroxylation is 4. The topological polar surface area (TPSA) is 84.5 Å². The monoisotopic (exact) mass is 428 g/mol. The molecule has 0 aliphatic rings. The zero-order valence-corrected chi connectivity index (χ0v) is 18.7.